The Hall–Kier alpha value is -3.66. The number of allylic oxidation sites excluding steroid dienone is 1. The van der Waals surface area contributed by atoms with Crippen molar-refractivity contribution in [3.05, 3.63) is 103 Å². The molecule has 0 saturated carbocycles. The lowest BCUT2D eigenvalue weighted by atomic mass is 9.95. The molecule has 0 aliphatic rings. The smallest absolute Gasteiger partial charge is 0.116 e. The van der Waals surface area contributed by atoms with E-state index in [2.05, 4.69) is 81.5 Å². The fourth-order valence-electron chi connectivity index (χ4n) is 3.06. The Morgan fingerprint density at radius 3 is 1.41 bits per heavy atom. The molecule has 0 N–H and O–H groups in total. The molecular formula is C23H18N4. The van der Waals surface area contributed by atoms with Crippen molar-refractivity contribution in [1.82, 2.24) is 19.9 Å². The lowest BCUT2D eigenvalue weighted by Crippen LogP contribution is -1.90. The minimum absolute atomic E-state index is 0.924. The maximum Gasteiger partial charge on any atom is 0.116 e. The van der Waals surface area contributed by atoms with E-state index in [1.54, 1.807) is 25.0 Å². The molecule has 130 valence electrons. The van der Waals surface area contributed by atoms with Gasteiger partial charge in [0.1, 0.15) is 12.7 Å². The summed E-state index contributed by atoms with van der Waals surface area (Å²) in [4.78, 5) is 16.5. The highest BCUT2D eigenvalue weighted by Crippen LogP contribution is 2.27. The Bertz CT molecular complexity index is 954. The summed E-state index contributed by atoms with van der Waals surface area (Å²) >= 11 is 0. The standard InChI is InChI=1S/C23H18N4/c1-2-21(17-3-7-19(8-4-17)22-11-13-24-15-26-22)18-5-9-20(10-6-18)23-12-14-25-16-27-23/h2-16H,1H3. The monoisotopic (exact) mass is 350 g/mol. The Kier molecular flexibility index (Phi) is 4.79. The van der Waals surface area contributed by atoms with Crippen molar-refractivity contribution in [3.63, 3.8) is 0 Å². The van der Waals surface area contributed by atoms with E-state index in [0.717, 1.165) is 22.5 Å². The van der Waals surface area contributed by atoms with Crippen molar-refractivity contribution in [1.29, 1.82) is 0 Å². The summed E-state index contributed by atoms with van der Waals surface area (Å²) in [6, 6.07) is 20.7. The fraction of sp³-hybridized carbons (Fsp3) is 0.0435. The van der Waals surface area contributed by atoms with E-state index in [4.69, 9.17) is 0 Å². The van der Waals surface area contributed by atoms with E-state index < -0.39 is 0 Å². The summed E-state index contributed by atoms with van der Waals surface area (Å²) in [5, 5.41) is 0. The zero-order chi connectivity index (χ0) is 18.5. The van der Waals surface area contributed by atoms with E-state index in [-0.39, 0.29) is 0 Å². The maximum atomic E-state index is 4.30. The van der Waals surface area contributed by atoms with Crippen LogP contribution in [0.5, 0.6) is 0 Å². The molecule has 0 radical (unpaired) electrons. The van der Waals surface area contributed by atoms with Crippen LogP contribution < -0.4 is 0 Å². The molecule has 4 heteroatoms. The third-order valence-electron chi connectivity index (χ3n) is 4.44. The van der Waals surface area contributed by atoms with Crippen molar-refractivity contribution < 1.29 is 0 Å². The molecule has 0 bridgehead atoms. The summed E-state index contributed by atoms with van der Waals surface area (Å²) in [5.74, 6) is 0. The number of hydrogen-bond donors (Lipinski definition) is 0. The van der Waals surface area contributed by atoms with Gasteiger partial charge in [0.25, 0.3) is 0 Å². The van der Waals surface area contributed by atoms with E-state index in [1.165, 1.54) is 16.7 Å². The predicted octanol–water partition coefficient (Wildman–Crippen LogP) is 5.05. The van der Waals surface area contributed by atoms with Gasteiger partial charge in [-0.2, -0.15) is 0 Å². The molecule has 4 rings (SSSR count). The van der Waals surface area contributed by atoms with Crippen molar-refractivity contribution >= 4 is 5.57 Å². The zero-order valence-corrected chi connectivity index (χ0v) is 14.9. The quantitative estimate of drug-likeness (QED) is 0.517. The molecule has 0 atom stereocenters. The second-order valence-electron chi connectivity index (χ2n) is 6.05. The van der Waals surface area contributed by atoms with Crippen molar-refractivity contribution in [3.8, 4) is 22.5 Å². The first-order valence-electron chi connectivity index (χ1n) is 8.75. The lowest BCUT2D eigenvalue weighted by molar-refractivity contribution is 1.17. The molecule has 0 aliphatic carbocycles. The van der Waals surface area contributed by atoms with Gasteiger partial charge in [-0.3, -0.25) is 0 Å². The summed E-state index contributed by atoms with van der Waals surface area (Å²) in [5.41, 5.74) is 7.54. The topological polar surface area (TPSA) is 51.6 Å². The minimum atomic E-state index is 0.924. The van der Waals surface area contributed by atoms with Gasteiger partial charge in [-0.25, -0.2) is 19.9 Å². The highest BCUT2D eigenvalue weighted by molar-refractivity contribution is 5.81. The van der Waals surface area contributed by atoms with E-state index in [0.29, 0.717) is 0 Å². The maximum absolute atomic E-state index is 4.30. The fourth-order valence-corrected chi connectivity index (χ4v) is 3.06. The second kappa shape index (κ2) is 7.70. The van der Waals surface area contributed by atoms with Gasteiger partial charge in [-0.05, 0) is 35.8 Å². The van der Waals surface area contributed by atoms with E-state index >= 15 is 0 Å². The SMILES string of the molecule is CC=C(c1ccc(-c2ccncn2)cc1)c1ccc(-c2ccncn2)cc1. The first-order chi connectivity index (χ1) is 13.3. The largest absolute Gasteiger partial charge is 0.245 e. The van der Waals surface area contributed by atoms with Crippen LogP contribution in [0.3, 0.4) is 0 Å². The van der Waals surface area contributed by atoms with Gasteiger partial charge in [0.2, 0.25) is 0 Å². The summed E-state index contributed by atoms with van der Waals surface area (Å²) in [7, 11) is 0. The molecule has 2 aromatic heterocycles. The molecule has 2 aromatic carbocycles. The highest BCUT2D eigenvalue weighted by atomic mass is 14.8. The van der Waals surface area contributed by atoms with Crippen LogP contribution in [-0.2, 0) is 0 Å². The molecule has 0 spiro atoms. The average Bonchev–Trinajstić information content (AvgIpc) is 2.76. The molecule has 0 saturated heterocycles. The predicted molar refractivity (Wildman–Crippen MR) is 108 cm³/mol. The highest BCUT2D eigenvalue weighted by Gasteiger charge is 2.07. The van der Waals surface area contributed by atoms with Crippen molar-refractivity contribution in [2.45, 2.75) is 6.92 Å². The van der Waals surface area contributed by atoms with Gasteiger partial charge >= 0.3 is 0 Å². The Morgan fingerprint density at radius 1 is 0.630 bits per heavy atom. The van der Waals surface area contributed by atoms with Crippen LogP contribution in [0.1, 0.15) is 18.1 Å². The molecule has 0 amide bonds. The Morgan fingerprint density at radius 2 is 1.07 bits per heavy atom. The third-order valence-corrected chi connectivity index (χ3v) is 4.44. The molecule has 0 aliphatic heterocycles. The summed E-state index contributed by atoms with van der Waals surface area (Å²) in [6.07, 6.45) is 8.79. The van der Waals surface area contributed by atoms with Crippen LogP contribution in [0, 0.1) is 0 Å². The summed E-state index contributed by atoms with van der Waals surface area (Å²) in [6.45, 7) is 2.06. The second-order valence-corrected chi connectivity index (χ2v) is 6.05. The number of hydrogen-bond acceptors (Lipinski definition) is 4. The Labute approximate surface area is 158 Å². The van der Waals surface area contributed by atoms with Crippen LogP contribution >= 0.6 is 0 Å². The Balaban J connectivity index is 1.61. The normalized spacial score (nSPS) is 10.4. The van der Waals surface area contributed by atoms with Crippen LogP contribution in [0.2, 0.25) is 0 Å². The van der Waals surface area contributed by atoms with Crippen LogP contribution in [-0.4, -0.2) is 19.9 Å². The van der Waals surface area contributed by atoms with Crippen LogP contribution in [0.15, 0.2) is 91.8 Å². The van der Waals surface area contributed by atoms with Gasteiger partial charge in [-0.15, -0.1) is 0 Å². The molecule has 2 heterocycles. The molecule has 4 aromatic rings. The van der Waals surface area contributed by atoms with Crippen LogP contribution in [0.25, 0.3) is 28.1 Å². The number of aromatic nitrogens is 4. The third kappa shape index (κ3) is 3.65. The van der Waals surface area contributed by atoms with Crippen molar-refractivity contribution in [2.75, 3.05) is 0 Å². The average molecular weight is 350 g/mol. The van der Waals surface area contributed by atoms with E-state index in [9.17, 15) is 0 Å². The molecule has 0 fully saturated rings. The van der Waals surface area contributed by atoms with Crippen LogP contribution in [0.4, 0.5) is 0 Å². The minimum Gasteiger partial charge on any atom is -0.245 e. The molecule has 0 unspecified atom stereocenters. The number of nitrogens with zero attached hydrogens (tertiary/aromatic N) is 4. The lowest BCUT2D eigenvalue weighted by Gasteiger charge is -2.10. The van der Waals surface area contributed by atoms with Gasteiger partial charge in [0.05, 0.1) is 11.4 Å². The van der Waals surface area contributed by atoms with Gasteiger partial charge in [0, 0.05) is 23.5 Å². The van der Waals surface area contributed by atoms with Gasteiger partial charge < -0.3 is 0 Å². The summed E-state index contributed by atoms with van der Waals surface area (Å²) < 4.78 is 0. The number of rotatable bonds is 4. The molecule has 27 heavy (non-hydrogen) atoms. The molecule has 4 nitrogen and oxygen atoms in total. The molecular weight excluding hydrogens is 332 g/mol. The van der Waals surface area contributed by atoms with Gasteiger partial charge in [0.15, 0.2) is 0 Å². The zero-order valence-electron chi connectivity index (χ0n) is 14.9. The first kappa shape index (κ1) is 16.8. The van der Waals surface area contributed by atoms with Crippen molar-refractivity contribution in [2.24, 2.45) is 0 Å². The van der Waals surface area contributed by atoms with E-state index in [1.807, 2.05) is 12.1 Å². The first-order valence-corrected chi connectivity index (χ1v) is 8.75. The van der Waals surface area contributed by atoms with Gasteiger partial charge in [-0.1, -0.05) is 54.6 Å². The number of benzene rings is 2.